The third kappa shape index (κ3) is 4.29. The Kier molecular flexibility index (Phi) is 5.80. The lowest BCUT2D eigenvalue weighted by atomic mass is 10.1. The number of aryl methyl sites for hydroxylation is 1. The number of rotatable bonds is 3. The molecule has 0 atom stereocenters. The average Bonchev–Trinajstić information content (AvgIpc) is 2.73. The van der Waals surface area contributed by atoms with E-state index in [-0.39, 0.29) is 5.91 Å². The lowest BCUT2D eigenvalue weighted by molar-refractivity contribution is 0.0746. The molecule has 0 spiro atoms. The van der Waals surface area contributed by atoms with Gasteiger partial charge in [-0.2, -0.15) is 4.98 Å². The van der Waals surface area contributed by atoms with Crippen LogP contribution in [0.1, 0.15) is 35.3 Å². The number of piperidine rings is 1. The molecule has 3 heterocycles. The van der Waals surface area contributed by atoms with Crippen molar-refractivity contribution in [1.82, 2.24) is 14.9 Å². The number of aromatic nitrogens is 2. The van der Waals surface area contributed by atoms with E-state index in [2.05, 4.69) is 36.8 Å². The normalized spacial score (nSPS) is 17.7. The highest BCUT2D eigenvalue weighted by atomic mass is 79.9. The second-order valence-electron chi connectivity index (χ2n) is 7.50. The Bertz CT molecular complexity index is 844. The number of hydrogen-bond acceptors (Lipinski definition) is 5. The minimum Gasteiger partial charge on any atom is -0.353 e. The van der Waals surface area contributed by atoms with Gasteiger partial charge in [0.05, 0.1) is 0 Å². The Morgan fingerprint density at radius 3 is 2.39 bits per heavy atom. The number of carbonyl (C=O) groups is 1. The van der Waals surface area contributed by atoms with Crippen molar-refractivity contribution in [2.24, 2.45) is 0 Å². The lowest BCUT2D eigenvalue weighted by Crippen LogP contribution is -2.49. The van der Waals surface area contributed by atoms with Crippen LogP contribution in [0.2, 0.25) is 0 Å². The molecular formula is C21H26BrN5O. The predicted octanol–water partition coefficient (Wildman–Crippen LogP) is 3.50. The van der Waals surface area contributed by atoms with Gasteiger partial charge in [0.25, 0.3) is 5.91 Å². The molecule has 148 valence electrons. The summed E-state index contributed by atoms with van der Waals surface area (Å²) in [6.07, 6.45) is 3.72. The van der Waals surface area contributed by atoms with Gasteiger partial charge in [-0.25, -0.2) is 4.98 Å². The van der Waals surface area contributed by atoms with Crippen LogP contribution in [0, 0.1) is 6.92 Å². The van der Waals surface area contributed by atoms with Gasteiger partial charge in [0.1, 0.15) is 5.82 Å². The molecule has 4 rings (SSSR count). The minimum atomic E-state index is 0.0915. The number of nitrogens with zero attached hydrogens (tertiary/aromatic N) is 5. The van der Waals surface area contributed by atoms with Crippen LogP contribution in [0.4, 0.5) is 11.8 Å². The smallest absolute Gasteiger partial charge is 0.254 e. The third-order valence-corrected chi connectivity index (χ3v) is 5.92. The maximum Gasteiger partial charge on any atom is 0.254 e. The largest absolute Gasteiger partial charge is 0.353 e. The van der Waals surface area contributed by atoms with E-state index >= 15 is 0 Å². The first-order valence-corrected chi connectivity index (χ1v) is 10.8. The van der Waals surface area contributed by atoms with E-state index in [1.165, 1.54) is 19.3 Å². The van der Waals surface area contributed by atoms with Gasteiger partial charge < -0.3 is 14.7 Å². The quantitative estimate of drug-likeness (QED) is 0.726. The zero-order valence-electron chi connectivity index (χ0n) is 16.3. The second kappa shape index (κ2) is 8.47. The van der Waals surface area contributed by atoms with Gasteiger partial charge in [-0.1, -0.05) is 22.0 Å². The van der Waals surface area contributed by atoms with Crippen molar-refractivity contribution in [3.8, 4) is 0 Å². The average molecular weight is 444 g/mol. The number of piperazine rings is 1. The van der Waals surface area contributed by atoms with Crippen molar-refractivity contribution in [2.75, 3.05) is 49.1 Å². The Balaban J connectivity index is 1.43. The Morgan fingerprint density at radius 2 is 1.68 bits per heavy atom. The number of hydrogen-bond donors (Lipinski definition) is 0. The second-order valence-corrected chi connectivity index (χ2v) is 8.42. The van der Waals surface area contributed by atoms with Crippen LogP contribution in [0.3, 0.4) is 0 Å². The number of benzene rings is 1. The predicted molar refractivity (Wildman–Crippen MR) is 115 cm³/mol. The molecule has 2 aliphatic heterocycles. The maximum atomic E-state index is 12.8. The van der Waals surface area contributed by atoms with Crippen molar-refractivity contribution in [1.29, 1.82) is 0 Å². The van der Waals surface area contributed by atoms with Crippen molar-refractivity contribution < 1.29 is 4.79 Å². The first-order chi connectivity index (χ1) is 13.6. The molecule has 2 aromatic rings. The van der Waals surface area contributed by atoms with E-state index in [4.69, 9.17) is 4.98 Å². The van der Waals surface area contributed by atoms with Gasteiger partial charge in [-0.05, 0) is 44.4 Å². The Morgan fingerprint density at radius 1 is 0.929 bits per heavy atom. The Labute approximate surface area is 174 Å². The summed E-state index contributed by atoms with van der Waals surface area (Å²) >= 11 is 3.44. The van der Waals surface area contributed by atoms with E-state index in [9.17, 15) is 4.79 Å². The highest BCUT2D eigenvalue weighted by Crippen LogP contribution is 2.22. The highest BCUT2D eigenvalue weighted by Gasteiger charge is 2.24. The number of carbonyl (C=O) groups excluding carboxylic acids is 1. The fraction of sp³-hybridized carbons (Fsp3) is 0.476. The van der Waals surface area contributed by atoms with Crippen LogP contribution in [-0.4, -0.2) is 60.0 Å². The minimum absolute atomic E-state index is 0.0915. The van der Waals surface area contributed by atoms with Crippen LogP contribution >= 0.6 is 15.9 Å². The molecule has 7 heteroatoms. The van der Waals surface area contributed by atoms with Gasteiger partial charge in [0, 0.05) is 61.1 Å². The zero-order valence-corrected chi connectivity index (χ0v) is 17.9. The molecule has 0 aliphatic carbocycles. The standard InChI is InChI=1S/C21H26BrN5O/c1-16-14-19(24-21(23-16)27-8-3-2-4-9-27)25-10-12-26(13-11-25)20(28)17-6-5-7-18(22)15-17/h5-7,14-15H,2-4,8-13H2,1H3. The molecule has 0 saturated carbocycles. The Hall–Kier alpha value is -2.15. The third-order valence-electron chi connectivity index (χ3n) is 5.43. The molecule has 1 amide bonds. The topological polar surface area (TPSA) is 52.6 Å². The summed E-state index contributed by atoms with van der Waals surface area (Å²) in [5, 5.41) is 0. The van der Waals surface area contributed by atoms with Crippen LogP contribution in [0.15, 0.2) is 34.8 Å². The van der Waals surface area contributed by atoms with Crippen LogP contribution < -0.4 is 9.80 Å². The summed E-state index contributed by atoms with van der Waals surface area (Å²) in [7, 11) is 0. The summed E-state index contributed by atoms with van der Waals surface area (Å²) in [6, 6.07) is 9.65. The molecule has 28 heavy (non-hydrogen) atoms. The van der Waals surface area contributed by atoms with E-state index < -0.39 is 0 Å². The molecule has 2 fully saturated rings. The monoisotopic (exact) mass is 443 g/mol. The summed E-state index contributed by atoms with van der Waals surface area (Å²) in [5.74, 6) is 1.92. The molecule has 0 radical (unpaired) electrons. The fourth-order valence-corrected chi connectivity index (χ4v) is 4.28. The molecular weight excluding hydrogens is 418 g/mol. The summed E-state index contributed by atoms with van der Waals surface area (Å²) in [4.78, 5) is 28.8. The first-order valence-electron chi connectivity index (χ1n) is 10.0. The first kappa shape index (κ1) is 19.2. The summed E-state index contributed by atoms with van der Waals surface area (Å²) < 4.78 is 0.929. The van der Waals surface area contributed by atoms with E-state index in [0.717, 1.165) is 53.7 Å². The summed E-state index contributed by atoms with van der Waals surface area (Å²) in [5.41, 5.74) is 1.73. The van der Waals surface area contributed by atoms with Gasteiger partial charge >= 0.3 is 0 Å². The van der Waals surface area contributed by atoms with E-state index in [1.54, 1.807) is 0 Å². The SMILES string of the molecule is Cc1cc(N2CCN(C(=O)c3cccc(Br)c3)CC2)nc(N2CCCCC2)n1. The molecule has 2 aliphatic rings. The number of halogens is 1. The number of anilines is 2. The molecule has 0 bridgehead atoms. The van der Waals surface area contributed by atoms with Crippen molar-refractivity contribution in [2.45, 2.75) is 26.2 Å². The molecule has 6 nitrogen and oxygen atoms in total. The molecule has 0 N–H and O–H groups in total. The molecule has 1 aromatic heterocycles. The maximum absolute atomic E-state index is 12.8. The highest BCUT2D eigenvalue weighted by molar-refractivity contribution is 9.10. The molecule has 2 saturated heterocycles. The van der Waals surface area contributed by atoms with E-state index in [1.807, 2.05) is 36.1 Å². The van der Waals surface area contributed by atoms with E-state index in [0.29, 0.717) is 13.1 Å². The van der Waals surface area contributed by atoms with Crippen LogP contribution in [0.25, 0.3) is 0 Å². The fourth-order valence-electron chi connectivity index (χ4n) is 3.88. The lowest BCUT2D eigenvalue weighted by Gasteiger charge is -2.36. The zero-order chi connectivity index (χ0) is 19.5. The van der Waals surface area contributed by atoms with Gasteiger partial charge in [0.15, 0.2) is 0 Å². The van der Waals surface area contributed by atoms with Crippen molar-refractivity contribution in [3.05, 3.63) is 46.1 Å². The number of amides is 1. The van der Waals surface area contributed by atoms with Crippen LogP contribution in [-0.2, 0) is 0 Å². The molecule has 0 unspecified atom stereocenters. The van der Waals surface area contributed by atoms with Gasteiger partial charge in [0.2, 0.25) is 5.95 Å². The van der Waals surface area contributed by atoms with Gasteiger partial charge in [-0.3, -0.25) is 4.79 Å². The summed E-state index contributed by atoms with van der Waals surface area (Å²) in [6.45, 7) is 7.09. The van der Waals surface area contributed by atoms with Gasteiger partial charge in [-0.15, -0.1) is 0 Å². The molecule has 1 aromatic carbocycles. The van der Waals surface area contributed by atoms with Crippen molar-refractivity contribution in [3.63, 3.8) is 0 Å². The van der Waals surface area contributed by atoms with Crippen molar-refractivity contribution >= 4 is 33.6 Å². The van der Waals surface area contributed by atoms with Crippen LogP contribution in [0.5, 0.6) is 0 Å².